The minimum Gasteiger partial charge on any atom is -0.481 e. The van der Waals surface area contributed by atoms with Gasteiger partial charge in [0, 0.05) is 12.5 Å². The minimum absolute atomic E-state index is 0.312. The molecular weight excluding hydrogens is 228 g/mol. The SMILES string of the molecule is O=C(O)CCCN1CCC(N2CCCCC2)CC1. The number of carboxylic acids is 1. The smallest absolute Gasteiger partial charge is 0.303 e. The Morgan fingerprint density at radius 3 is 2.33 bits per heavy atom. The molecule has 0 radical (unpaired) electrons. The van der Waals surface area contributed by atoms with Crippen LogP contribution in [-0.2, 0) is 4.79 Å². The van der Waals surface area contributed by atoms with Crippen LogP contribution in [0.4, 0.5) is 0 Å². The van der Waals surface area contributed by atoms with E-state index in [0.29, 0.717) is 6.42 Å². The van der Waals surface area contributed by atoms with E-state index in [1.165, 1.54) is 45.2 Å². The third-order valence-corrected chi connectivity index (χ3v) is 4.33. The zero-order valence-corrected chi connectivity index (χ0v) is 11.3. The van der Waals surface area contributed by atoms with E-state index in [9.17, 15) is 4.79 Å². The van der Waals surface area contributed by atoms with Gasteiger partial charge in [0.1, 0.15) is 0 Å². The number of piperidine rings is 2. The van der Waals surface area contributed by atoms with Gasteiger partial charge in [-0.2, -0.15) is 0 Å². The van der Waals surface area contributed by atoms with Gasteiger partial charge in [-0.3, -0.25) is 4.79 Å². The standard InChI is InChI=1S/C14H26N2O2/c17-14(18)5-4-8-15-11-6-13(7-12-15)16-9-2-1-3-10-16/h13H,1-12H2,(H,17,18). The number of carboxylic acid groups (broad SMARTS) is 1. The van der Waals surface area contributed by atoms with Crippen LogP contribution in [0.2, 0.25) is 0 Å². The van der Waals surface area contributed by atoms with Crippen molar-refractivity contribution in [2.75, 3.05) is 32.7 Å². The summed E-state index contributed by atoms with van der Waals surface area (Å²) in [6.45, 7) is 5.86. The molecule has 2 fully saturated rings. The highest BCUT2D eigenvalue weighted by molar-refractivity contribution is 5.66. The molecule has 1 N–H and O–H groups in total. The lowest BCUT2D eigenvalue weighted by molar-refractivity contribution is -0.137. The molecular formula is C14H26N2O2. The number of carbonyl (C=O) groups is 1. The highest BCUT2D eigenvalue weighted by Gasteiger charge is 2.25. The lowest BCUT2D eigenvalue weighted by atomic mass is 10.00. The fraction of sp³-hybridized carbons (Fsp3) is 0.929. The highest BCUT2D eigenvalue weighted by atomic mass is 16.4. The third kappa shape index (κ3) is 4.25. The van der Waals surface area contributed by atoms with Gasteiger partial charge >= 0.3 is 5.97 Å². The quantitative estimate of drug-likeness (QED) is 0.812. The van der Waals surface area contributed by atoms with Crippen LogP contribution in [0.15, 0.2) is 0 Å². The largest absolute Gasteiger partial charge is 0.481 e. The van der Waals surface area contributed by atoms with E-state index in [4.69, 9.17) is 5.11 Å². The summed E-state index contributed by atoms with van der Waals surface area (Å²) < 4.78 is 0. The average molecular weight is 254 g/mol. The highest BCUT2D eigenvalue weighted by Crippen LogP contribution is 2.20. The molecule has 0 bridgehead atoms. The predicted molar refractivity (Wildman–Crippen MR) is 71.8 cm³/mol. The van der Waals surface area contributed by atoms with Crippen LogP contribution >= 0.6 is 0 Å². The first-order chi connectivity index (χ1) is 8.75. The lowest BCUT2D eigenvalue weighted by Crippen LogP contribution is -2.46. The number of likely N-dealkylation sites (tertiary alicyclic amines) is 2. The maximum absolute atomic E-state index is 10.5. The Balaban J connectivity index is 1.63. The van der Waals surface area contributed by atoms with Gasteiger partial charge in [0.2, 0.25) is 0 Å². The van der Waals surface area contributed by atoms with Gasteiger partial charge in [-0.05, 0) is 64.8 Å². The van der Waals surface area contributed by atoms with Gasteiger partial charge in [-0.15, -0.1) is 0 Å². The monoisotopic (exact) mass is 254 g/mol. The number of nitrogens with zero attached hydrogens (tertiary/aromatic N) is 2. The molecule has 2 aliphatic rings. The summed E-state index contributed by atoms with van der Waals surface area (Å²) in [4.78, 5) is 15.6. The van der Waals surface area contributed by atoms with Gasteiger partial charge in [0.25, 0.3) is 0 Å². The second kappa shape index (κ2) is 7.10. The Hall–Kier alpha value is -0.610. The fourth-order valence-corrected chi connectivity index (χ4v) is 3.25. The van der Waals surface area contributed by atoms with E-state index in [1.807, 2.05) is 0 Å². The summed E-state index contributed by atoms with van der Waals surface area (Å²) >= 11 is 0. The Bertz CT molecular complexity index is 257. The van der Waals surface area contributed by atoms with Crippen molar-refractivity contribution in [2.45, 2.75) is 51.0 Å². The first-order valence-corrected chi connectivity index (χ1v) is 7.44. The molecule has 0 aromatic rings. The first kappa shape index (κ1) is 13.8. The maximum atomic E-state index is 10.5. The molecule has 4 heteroatoms. The van der Waals surface area contributed by atoms with Crippen molar-refractivity contribution < 1.29 is 9.90 Å². The van der Waals surface area contributed by atoms with Crippen molar-refractivity contribution in [3.63, 3.8) is 0 Å². The van der Waals surface area contributed by atoms with E-state index in [0.717, 1.165) is 32.1 Å². The Morgan fingerprint density at radius 2 is 1.72 bits per heavy atom. The van der Waals surface area contributed by atoms with Crippen molar-refractivity contribution in [1.29, 1.82) is 0 Å². The molecule has 18 heavy (non-hydrogen) atoms. The summed E-state index contributed by atoms with van der Waals surface area (Å²) in [5.41, 5.74) is 0. The van der Waals surface area contributed by atoms with Crippen LogP contribution in [0.1, 0.15) is 44.9 Å². The first-order valence-electron chi connectivity index (χ1n) is 7.44. The molecule has 0 amide bonds. The number of hydrogen-bond donors (Lipinski definition) is 1. The summed E-state index contributed by atoms with van der Waals surface area (Å²) in [5, 5.41) is 8.63. The summed E-state index contributed by atoms with van der Waals surface area (Å²) in [6.07, 6.45) is 7.80. The van der Waals surface area contributed by atoms with Crippen LogP contribution in [-0.4, -0.2) is 59.6 Å². The summed E-state index contributed by atoms with van der Waals surface area (Å²) in [7, 11) is 0. The second-order valence-electron chi connectivity index (χ2n) is 5.67. The lowest BCUT2D eigenvalue weighted by Gasteiger charge is -2.40. The van der Waals surface area contributed by atoms with Crippen molar-refractivity contribution in [1.82, 2.24) is 9.80 Å². The van der Waals surface area contributed by atoms with Crippen LogP contribution in [0.5, 0.6) is 0 Å². The molecule has 2 saturated heterocycles. The Labute approximate surface area is 110 Å². The van der Waals surface area contributed by atoms with Gasteiger partial charge in [-0.1, -0.05) is 6.42 Å². The van der Waals surface area contributed by atoms with E-state index >= 15 is 0 Å². The molecule has 0 spiro atoms. The van der Waals surface area contributed by atoms with Crippen molar-refractivity contribution in [3.05, 3.63) is 0 Å². The predicted octanol–water partition coefficient (Wildman–Crippen LogP) is 1.80. The van der Waals surface area contributed by atoms with E-state index in [1.54, 1.807) is 0 Å². The molecule has 0 atom stereocenters. The van der Waals surface area contributed by atoms with Crippen molar-refractivity contribution in [3.8, 4) is 0 Å². The Kier molecular flexibility index (Phi) is 5.45. The topological polar surface area (TPSA) is 43.8 Å². The zero-order valence-electron chi connectivity index (χ0n) is 11.3. The summed E-state index contributed by atoms with van der Waals surface area (Å²) in [5.74, 6) is -0.668. The van der Waals surface area contributed by atoms with Crippen LogP contribution < -0.4 is 0 Å². The molecule has 104 valence electrons. The summed E-state index contributed by atoms with van der Waals surface area (Å²) in [6, 6.07) is 0.793. The molecule has 0 aromatic heterocycles. The van der Waals surface area contributed by atoms with E-state index in [2.05, 4.69) is 9.80 Å². The third-order valence-electron chi connectivity index (χ3n) is 4.33. The number of hydrogen-bond acceptors (Lipinski definition) is 3. The Morgan fingerprint density at radius 1 is 1.06 bits per heavy atom. The molecule has 0 saturated carbocycles. The van der Waals surface area contributed by atoms with Gasteiger partial charge < -0.3 is 14.9 Å². The zero-order chi connectivity index (χ0) is 12.8. The number of rotatable bonds is 5. The van der Waals surface area contributed by atoms with Crippen LogP contribution in [0.25, 0.3) is 0 Å². The minimum atomic E-state index is -0.668. The average Bonchev–Trinajstić information content (AvgIpc) is 2.40. The molecule has 4 nitrogen and oxygen atoms in total. The maximum Gasteiger partial charge on any atom is 0.303 e. The van der Waals surface area contributed by atoms with Gasteiger partial charge in [0.15, 0.2) is 0 Å². The molecule has 2 aliphatic heterocycles. The molecule has 2 rings (SSSR count). The fourth-order valence-electron chi connectivity index (χ4n) is 3.25. The van der Waals surface area contributed by atoms with Crippen LogP contribution in [0.3, 0.4) is 0 Å². The van der Waals surface area contributed by atoms with Gasteiger partial charge in [-0.25, -0.2) is 0 Å². The molecule has 0 unspecified atom stereocenters. The normalized spacial score (nSPS) is 24.2. The van der Waals surface area contributed by atoms with Crippen LogP contribution in [0, 0.1) is 0 Å². The van der Waals surface area contributed by atoms with E-state index < -0.39 is 5.97 Å². The molecule has 0 aromatic carbocycles. The van der Waals surface area contributed by atoms with E-state index in [-0.39, 0.29) is 0 Å². The van der Waals surface area contributed by atoms with Crippen molar-refractivity contribution in [2.24, 2.45) is 0 Å². The molecule has 0 aliphatic carbocycles. The van der Waals surface area contributed by atoms with Crippen molar-refractivity contribution >= 4 is 5.97 Å². The number of aliphatic carboxylic acids is 1. The van der Waals surface area contributed by atoms with Gasteiger partial charge in [0.05, 0.1) is 0 Å². The molecule has 2 heterocycles. The second-order valence-corrected chi connectivity index (χ2v) is 5.67.